The molecule has 0 rings (SSSR count). The molecular weight excluding hydrogens is 167 g/mol. The minimum absolute atomic E-state index is 0.317. The van der Waals surface area contributed by atoms with E-state index < -0.39 is 0 Å². The molecule has 0 saturated heterocycles. The summed E-state index contributed by atoms with van der Waals surface area (Å²) >= 11 is 8.25. The molecule has 0 saturated carbocycles. The fourth-order valence-corrected chi connectivity index (χ4v) is 0.516. The molecule has 0 aromatic carbocycles. The van der Waals surface area contributed by atoms with Crippen molar-refractivity contribution < 1.29 is 4.74 Å². The first-order valence-corrected chi connectivity index (χ1v) is 3.02. The van der Waals surface area contributed by atoms with Crippen LogP contribution in [0, 0.1) is 0 Å². The lowest BCUT2D eigenvalue weighted by molar-refractivity contribution is 0.178. The van der Waals surface area contributed by atoms with Crippen LogP contribution in [0.3, 0.4) is 0 Å². The van der Waals surface area contributed by atoms with Gasteiger partial charge in [0.05, 0.1) is 0 Å². The molecule has 0 aromatic rings. The van der Waals surface area contributed by atoms with Gasteiger partial charge in [-0.15, -0.1) is 0 Å². The van der Waals surface area contributed by atoms with Gasteiger partial charge in [0.25, 0.3) is 0 Å². The average molecular weight is 173 g/mol. The summed E-state index contributed by atoms with van der Waals surface area (Å²) in [6.45, 7) is 2.54. The Bertz CT molecular complexity index is 32.0. The van der Waals surface area contributed by atoms with Crippen LogP contribution in [0.1, 0.15) is 6.92 Å². The molecule has 3 heteroatoms. The van der Waals surface area contributed by atoms with Crippen LogP contribution < -0.4 is 0 Å². The SMILES string of the molecule is CCOC(Cl)Br. The Labute approximate surface area is 50.8 Å². The molecule has 0 fully saturated rings. The van der Waals surface area contributed by atoms with Gasteiger partial charge in [-0.1, -0.05) is 11.6 Å². The summed E-state index contributed by atoms with van der Waals surface area (Å²) in [4.78, 5) is 0. The van der Waals surface area contributed by atoms with Crippen molar-refractivity contribution in [2.24, 2.45) is 0 Å². The maximum Gasteiger partial charge on any atom is 0.186 e. The predicted octanol–water partition coefficient (Wildman–Crippen LogP) is 1.94. The molecule has 0 bridgehead atoms. The molecule has 0 aromatic heterocycles. The Kier molecular flexibility index (Phi) is 4.38. The first-order valence-electron chi connectivity index (χ1n) is 1.67. The maximum absolute atomic E-state index is 5.27. The molecule has 6 heavy (non-hydrogen) atoms. The maximum atomic E-state index is 5.27. The molecule has 0 N–H and O–H groups in total. The molecule has 0 heterocycles. The zero-order chi connectivity index (χ0) is 4.99. The van der Waals surface area contributed by atoms with Crippen molar-refractivity contribution in [1.82, 2.24) is 0 Å². The Morgan fingerprint density at radius 3 is 2.50 bits per heavy atom. The van der Waals surface area contributed by atoms with Gasteiger partial charge in [-0.2, -0.15) is 0 Å². The summed E-state index contributed by atoms with van der Waals surface area (Å²) in [5, 5.41) is 0. The van der Waals surface area contributed by atoms with Gasteiger partial charge in [0.15, 0.2) is 4.47 Å². The van der Waals surface area contributed by atoms with Gasteiger partial charge in [-0.05, 0) is 22.9 Å². The van der Waals surface area contributed by atoms with Crippen LogP contribution in [0.2, 0.25) is 0 Å². The first kappa shape index (κ1) is 6.73. The molecular formula is C3H6BrClO. The van der Waals surface area contributed by atoms with Crippen LogP contribution >= 0.6 is 27.5 Å². The Morgan fingerprint density at radius 1 is 2.00 bits per heavy atom. The number of rotatable bonds is 2. The molecule has 0 amide bonds. The third-order valence-electron chi connectivity index (χ3n) is 0.293. The highest BCUT2D eigenvalue weighted by molar-refractivity contribution is 9.10. The molecule has 0 radical (unpaired) electrons. The number of alkyl halides is 2. The Morgan fingerprint density at radius 2 is 2.50 bits per heavy atom. The second-order valence-electron chi connectivity index (χ2n) is 0.716. The molecule has 38 valence electrons. The molecule has 1 nitrogen and oxygen atoms in total. The van der Waals surface area contributed by atoms with Crippen molar-refractivity contribution in [3.8, 4) is 0 Å². The van der Waals surface area contributed by atoms with Crippen LogP contribution in [-0.2, 0) is 4.74 Å². The lowest BCUT2D eigenvalue weighted by atomic mass is 10.9. The smallest absolute Gasteiger partial charge is 0.186 e. The van der Waals surface area contributed by atoms with E-state index in [1.165, 1.54) is 0 Å². The Balaban J connectivity index is 2.63. The summed E-state index contributed by atoms with van der Waals surface area (Å²) in [7, 11) is 0. The fourth-order valence-electron chi connectivity index (χ4n) is 0.126. The van der Waals surface area contributed by atoms with Crippen LogP contribution in [0.25, 0.3) is 0 Å². The largest absolute Gasteiger partial charge is 0.353 e. The van der Waals surface area contributed by atoms with E-state index in [1.807, 2.05) is 6.92 Å². The van der Waals surface area contributed by atoms with E-state index in [-0.39, 0.29) is 4.47 Å². The van der Waals surface area contributed by atoms with Gasteiger partial charge in [0.2, 0.25) is 0 Å². The number of ether oxygens (including phenoxy) is 1. The summed E-state index contributed by atoms with van der Waals surface area (Å²) in [5.41, 5.74) is 0. The van der Waals surface area contributed by atoms with Crippen LogP contribution in [0.15, 0.2) is 0 Å². The lowest BCUT2D eigenvalue weighted by Gasteiger charge is -1.95. The van der Waals surface area contributed by atoms with E-state index >= 15 is 0 Å². The second-order valence-corrected chi connectivity index (χ2v) is 2.47. The highest BCUT2D eigenvalue weighted by Gasteiger charge is 1.89. The van der Waals surface area contributed by atoms with Crippen molar-refractivity contribution in [3.05, 3.63) is 0 Å². The number of hydrogen-bond donors (Lipinski definition) is 0. The van der Waals surface area contributed by atoms with Gasteiger partial charge in [-0.3, -0.25) is 0 Å². The molecule has 1 unspecified atom stereocenters. The number of halogens is 2. The summed E-state index contributed by atoms with van der Waals surface area (Å²) in [6.07, 6.45) is 0. The Hall–Kier alpha value is 0.730. The highest BCUT2D eigenvalue weighted by atomic mass is 79.9. The zero-order valence-corrected chi connectivity index (χ0v) is 5.79. The van der Waals surface area contributed by atoms with Crippen LogP contribution in [0.5, 0.6) is 0 Å². The minimum atomic E-state index is -0.317. The highest BCUT2D eigenvalue weighted by Crippen LogP contribution is 2.04. The van der Waals surface area contributed by atoms with Gasteiger partial charge < -0.3 is 4.74 Å². The van der Waals surface area contributed by atoms with Crippen LogP contribution in [0.4, 0.5) is 0 Å². The third kappa shape index (κ3) is 4.73. The van der Waals surface area contributed by atoms with Crippen molar-refractivity contribution in [3.63, 3.8) is 0 Å². The summed E-state index contributed by atoms with van der Waals surface area (Å²) < 4.78 is 4.41. The monoisotopic (exact) mass is 172 g/mol. The van der Waals surface area contributed by atoms with Gasteiger partial charge in [-0.25, -0.2) is 0 Å². The molecule has 1 atom stereocenters. The van der Waals surface area contributed by atoms with E-state index in [9.17, 15) is 0 Å². The normalized spacial score (nSPS) is 14.5. The quantitative estimate of drug-likeness (QED) is 0.580. The van der Waals surface area contributed by atoms with Gasteiger partial charge >= 0.3 is 0 Å². The number of hydrogen-bond acceptors (Lipinski definition) is 1. The topological polar surface area (TPSA) is 9.23 Å². The van der Waals surface area contributed by atoms with Crippen molar-refractivity contribution in [1.29, 1.82) is 0 Å². The minimum Gasteiger partial charge on any atom is -0.353 e. The molecule has 0 aliphatic heterocycles. The van der Waals surface area contributed by atoms with Crippen LogP contribution in [-0.4, -0.2) is 11.1 Å². The summed E-state index contributed by atoms with van der Waals surface area (Å²) in [5.74, 6) is 0. The van der Waals surface area contributed by atoms with E-state index in [0.717, 1.165) is 0 Å². The first-order chi connectivity index (χ1) is 2.77. The standard InChI is InChI=1S/C3H6BrClO/c1-2-6-3(4)5/h3H,2H2,1H3. The zero-order valence-electron chi connectivity index (χ0n) is 3.45. The van der Waals surface area contributed by atoms with E-state index in [1.54, 1.807) is 0 Å². The summed E-state index contributed by atoms with van der Waals surface area (Å²) in [6, 6.07) is 0. The molecule has 0 aliphatic rings. The fraction of sp³-hybridized carbons (Fsp3) is 1.00. The molecule has 0 aliphatic carbocycles. The van der Waals surface area contributed by atoms with Crippen molar-refractivity contribution in [2.75, 3.05) is 6.61 Å². The van der Waals surface area contributed by atoms with E-state index in [2.05, 4.69) is 15.9 Å². The van der Waals surface area contributed by atoms with Crippen molar-refractivity contribution in [2.45, 2.75) is 11.4 Å². The van der Waals surface area contributed by atoms with Crippen molar-refractivity contribution >= 4 is 27.5 Å². The van der Waals surface area contributed by atoms with Gasteiger partial charge in [0, 0.05) is 6.61 Å². The van der Waals surface area contributed by atoms with Gasteiger partial charge in [0.1, 0.15) is 0 Å². The third-order valence-corrected chi connectivity index (χ3v) is 0.683. The lowest BCUT2D eigenvalue weighted by Crippen LogP contribution is -1.92. The van der Waals surface area contributed by atoms with E-state index in [4.69, 9.17) is 16.3 Å². The average Bonchev–Trinajstić information content (AvgIpc) is 1.35. The van der Waals surface area contributed by atoms with E-state index in [0.29, 0.717) is 6.61 Å². The molecule has 0 spiro atoms. The predicted molar refractivity (Wildman–Crippen MR) is 30.2 cm³/mol. The second kappa shape index (κ2) is 3.90.